The van der Waals surface area contributed by atoms with Crippen molar-refractivity contribution in [1.82, 2.24) is 10.4 Å². The van der Waals surface area contributed by atoms with Gasteiger partial charge in [0.15, 0.2) is 5.76 Å². The molecule has 0 fully saturated rings. The number of aromatic nitrogens is 2. The van der Waals surface area contributed by atoms with Gasteiger partial charge in [-0.1, -0.05) is 0 Å². The fraction of sp³-hybridized carbons (Fsp3) is 0.333. The van der Waals surface area contributed by atoms with Crippen molar-refractivity contribution < 1.29 is 4.52 Å². The van der Waals surface area contributed by atoms with Gasteiger partial charge in [-0.3, -0.25) is 0 Å². The second-order valence-electron chi connectivity index (χ2n) is 1.32. The van der Waals surface area contributed by atoms with Crippen LogP contribution in [0.4, 0.5) is 0 Å². The highest BCUT2D eigenvalue weighted by molar-refractivity contribution is 5.26. The van der Waals surface area contributed by atoms with E-state index in [0.29, 0.717) is 0 Å². The SMILES string of the molecule is C1c2nnoc21. The maximum Gasteiger partial charge on any atom is 0.166 e. The molecule has 0 aromatic carbocycles. The van der Waals surface area contributed by atoms with Crippen LogP contribution in [0.25, 0.3) is 0 Å². The Kier molecular flexibility index (Phi) is 0.190. The lowest BCUT2D eigenvalue weighted by molar-refractivity contribution is 0.372. The first-order valence-corrected chi connectivity index (χ1v) is 1.77. The topological polar surface area (TPSA) is 38.9 Å². The fourth-order valence-electron chi connectivity index (χ4n) is 0.403. The summed E-state index contributed by atoms with van der Waals surface area (Å²) >= 11 is 0. The number of hydrogen-bond acceptors (Lipinski definition) is 3. The molecule has 1 aliphatic rings. The van der Waals surface area contributed by atoms with Crippen LogP contribution in [0.1, 0.15) is 11.5 Å². The highest BCUT2D eigenvalue weighted by Gasteiger charge is 2.24. The van der Waals surface area contributed by atoms with Crippen LogP contribution >= 0.6 is 0 Å². The van der Waals surface area contributed by atoms with E-state index in [4.69, 9.17) is 0 Å². The zero-order valence-electron chi connectivity index (χ0n) is 3.01. The standard InChI is InChI=1S/C3H2N2O/c1-2-3(1)6-5-4-2/h1H2. The van der Waals surface area contributed by atoms with Gasteiger partial charge < -0.3 is 4.52 Å². The third kappa shape index (κ3) is 0.116. The fourth-order valence-corrected chi connectivity index (χ4v) is 0.403. The molecule has 1 heterocycles. The van der Waals surface area contributed by atoms with E-state index < -0.39 is 0 Å². The summed E-state index contributed by atoms with van der Waals surface area (Å²) in [5.74, 6) is 0.954. The average molecular weight is 82.1 g/mol. The predicted molar refractivity (Wildman–Crippen MR) is 17.1 cm³/mol. The minimum absolute atomic E-state index is 0.934. The van der Waals surface area contributed by atoms with Gasteiger partial charge in [0.2, 0.25) is 0 Å². The summed E-state index contributed by atoms with van der Waals surface area (Å²) in [7, 11) is 0. The molecule has 3 nitrogen and oxygen atoms in total. The van der Waals surface area contributed by atoms with Crippen LogP contribution in [0, 0.1) is 0 Å². The van der Waals surface area contributed by atoms with Crippen molar-refractivity contribution in [3.05, 3.63) is 11.5 Å². The number of nitrogens with zero attached hydrogens (tertiary/aromatic N) is 2. The zero-order chi connectivity index (χ0) is 3.98. The summed E-state index contributed by atoms with van der Waals surface area (Å²) in [5, 5.41) is 6.86. The first kappa shape index (κ1) is 2.34. The van der Waals surface area contributed by atoms with Gasteiger partial charge >= 0.3 is 0 Å². The van der Waals surface area contributed by atoms with E-state index >= 15 is 0 Å². The van der Waals surface area contributed by atoms with E-state index in [0.717, 1.165) is 17.9 Å². The second kappa shape index (κ2) is 0.489. The molecule has 0 radical (unpaired) electrons. The second-order valence-corrected chi connectivity index (χ2v) is 1.32. The molecule has 1 aromatic heterocycles. The number of hydrogen-bond donors (Lipinski definition) is 0. The van der Waals surface area contributed by atoms with Crippen LogP contribution < -0.4 is 0 Å². The first-order chi connectivity index (χ1) is 2.97. The Morgan fingerprint density at radius 1 is 1.67 bits per heavy atom. The molecule has 0 atom stereocenters. The molecule has 0 bridgehead atoms. The Hall–Kier alpha value is -0.860. The molecule has 3 heteroatoms. The Labute approximate surface area is 33.9 Å². The lowest BCUT2D eigenvalue weighted by atomic mass is 10.9. The van der Waals surface area contributed by atoms with Crippen molar-refractivity contribution >= 4 is 0 Å². The molecule has 0 aliphatic heterocycles. The molecule has 0 N–H and O–H groups in total. The molecule has 0 unspecified atom stereocenters. The molecular weight excluding hydrogens is 80.0 g/mol. The van der Waals surface area contributed by atoms with Crippen molar-refractivity contribution in [2.45, 2.75) is 6.42 Å². The largest absolute Gasteiger partial charge is 0.341 e. The normalized spacial score (nSPS) is 14.0. The monoisotopic (exact) mass is 82.0 g/mol. The van der Waals surface area contributed by atoms with Crippen LogP contribution in [-0.4, -0.2) is 10.4 Å². The highest BCUT2D eigenvalue weighted by atomic mass is 16.5. The molecule has 0 saturated heterocycles. The van der Waals surface area contributed by atoms with Crippen molar-refractivity contribution in [3.63, 3.8) is 0 Å². The molecule has 0 amide bonds. The third-order valence-corrected chi connectivity index (χ3v) is 0.837. The number of fused-ring (bicyclic) bond motifs is 1. The van der Waals surface area contributed by atoms with Gasteiger partial charge in [-0.2, -0.15) is 0 Å². The van der Waals surface area contributed by atoms with Gasteiger partial charge in [0, 0.05) is 5.27 Å². The number of rotatable bonds is 0. The van der Waals surface area contributed by atoms with E-state index in [1.165, 1.54) is 0 Å². The highest BCUT2D eigenvalue weighted by Crippen LogP contribution is 2.22. The molecule has 1 aliphatic carbocycles. The molecule has 1 aromatic rings. The summed E-state index contributed by atoms with van der Waals surface area (Å²) in [5.41, 5.74) is 1.02. The Bertz CT molecular complexity index is 153. The maximum absolute atomic E-state index is 4.56. The van der Waals surface area contributed by atoms with Crippen LogP contribution in [0.15, 0.2) is 4.52 Å². The van der Waals surface area contributed by atoms with E-state index in [2.05, 4.69) is 14.9 Å². The van der Waals surface area contributed by atoms with Crippen LogP contribution in [0.2, 0.25) is 0 Å². The molecule has 30 valence electrons. The smallest absolute Gasteiger partial charge is 0.166 e. The first-order valence-electron chi connectivity index (χ1n) is 1.77. The zero-order valence-corrected chi connectivity index (χ0v) is 3.01. The van der Waals surface area contributed by atoms with Gasteiger partial charge in [-0.25, -0.2) is 0 Å². The van der Waals surface area contributed by atoms with Crippen molar-refractivity contribution in [2.75, 3.05) is 0 Å². The minimum Gasteiger partial charge on any atom is -0.341 e. The minimum atomic E-state index is 0.934. The molecular formula is C3H2N2O. The molecule has 6 heavy (non-hydrogen) atoms. The molecule has 0 spiro atoms. The molecule has 0 saturated carbocycles. The quantitative estimate of drug-likeness (QED) is 0.448. The van der Waals surface area contributed by atoms with E-state index in [-0.39, 0.29) is 0 Å². The predicted octanol–water partition coefficient (Wildman–Crippen LogP) is -0.0262. The Morgan fingerprint density at radius 2 is 2.67 bits per heavy atom. The summed E-state index contributed by atoms with van der Waals surface area (Å²) in [6.45, 7) is 0. The van der Waals surface area contributed by atoms with E-state index in [9.17, 15) is 0 Å². The van der Waals surface area contributed by atoms with Gasteiger partial charge in [-0.15, -0.1) is 5.10 Å². The summed E-state index contributed by atoms with van der Waals surface area (Å²) in [6, 6.07) is 0. The van der Waals surface area contributed by atoms with Crippen molar-refractivity contribution in [3.8, 4) is 0 Å². The van der Waals surface area contributed by atoms with Crippen LogP contribution in [0.3, 0.4) is 0 Å². The van der Waals surface area contributed by atoms with Gasteiger partial charge in [0.05, 0.1) is 6.42 Å². The summed E-state index contributed by atoms with van der Waals surface area (Å²) in [4.78, 5) is 0. The molecule has 2 rings (SSSR count). The third-order valence-electron chi connectivity index (χ3n) is 0.837. The Balaban J connectivity index is 2.88. The Morgan fingerprint density at radius 3 is 2.83 bits per heavy atom. The lowest BCUT2D eigenvalue weighted by Crippen LogP contribution is -1.65. The van der Waals surface area contributed by atoms with Crippen molar-refractivity contribution in [2.24, 2.45) is 0 Å². The van der Waals surface area contributed by atoms with Gasteiger partial charge in [0.1, 0.15) is 5.69 Å². The van der Waals surface area contributed by atoms with Gasteiger partial charge in [0.25, 0.3) is 0 Å². The van der Waals surface area contributed by atoms with Crippen molar-refractivity contribution in [1.29, 1.82) is 0 Å². The lowest BCUT2D eigenvalue weighted by Gasteiger charge is -1.58. The summed E-state index contributed by atoms with van der Waals surface area (Å²) in [6.07, 6.45) is 0.934. The average Bonchev–Trinajstić information content (AvgIpc) is 2.17. The maximum atomic E-state index is 4.56. The van der Waals surface area contributed by atoms with E-state index in [1.807, 2.05) is 0 Å². The van der Waals surface area contributed by atoms with Gasteiger partial charge in [-0.05, 0) is 0 Å². The van der Waals surface area contributed by atoms with E-state index in [1.54, 1.807) is 0 Å². The van der Waals surface area contributed by atoms with Crippen LogP contribution in [0.5, 0.6) is 0 Å². The van der Waals surface area contributed by atoms with Crippen LogP contribution in [-0.2, 0) is 6.42 Å². The summed E-state index contributed by atoms with van der Waals surface area (Å²) < 4.78 is 4.56.